The second-order valence-corrected chi connectivity index (χ2v) is 6.92. The predicted octanol–water partition coefficient (Wildman–Crippen LogP) is 4.99. The molecule has 0 aliphatic heterocycles. The van der Waals surface area contributed by atoms with Crippen molar-refractivity contribution in [3.63, 3.8) is 0 Å². The minimum Gasteiger partial charge on any atom is -0.322 e. The van der Waals surface area contributed by atoms with Crippen LogP contribution in [0.15, 0.2) is 60.7 Å². The van der Waals surface area contributed by atoms with Crippen LogP contribution in [0.4, 0.5) is 11.4 Å². The molecule has 2 amide bonds. The molecular weight excluding hydrogens is 362 g/mol. The third-order valence-electron chi connectivity index (χ3n) is 4.60. The molecule has 0 bridgehead atoms. The van der Waals surface area contributed by atoms with Gasteiger partial charge in [-0.15, -0.1) is 0 Å². The van der Waals surface area contributed by atoms with Crippen molar-refractivity contribution in [2.45, 2.75) is 20.8 Å². The smallest absolute Gasteiger partial charge is 0.255 e. The Morgan fingerprint density at radius 3 is 2.00 bits per heavy atom. The quantitative estimate of drug-likeness (QED) is 0.666. The molecule has 0 unspecified atom stereocenters. The van der Waals surface area contributed by atoms with Crippen molar-refractivity contribution >= 4 is 23.2 Å². The minimum absolute atomic E-state index is 0.285. The van der Waals surface area contributed by atoms with Crippen molar-refractivity contribution in [1.29, 1.82) is 5.26 Å². The van der Waals surface area contributed by atoms with Crippen molar-refractivity contribution < 1.29 is 9.59 Å². The summed E-state index contributed by atoms with van der Waals surface area (Å²) in [7, 11) is 0. The van der Waals surface area contributed by atoms with Gasteiger partial charge in [-0.05, 0) is 62.2 Å². The van der Waals surface area contributed by atoms with E-state index in [1.165, 1.54) is 0 Å². The van der Waals surface area contributed by atoms with Gasteiger partial charge in [0.05, 0.1) is 11.3 Å². The van der Waals surface area contributed by atoms with E-state index in [1.807, 2.05) is 39.0 Å². The van der Waals surface area contributed by atoms with E-state index in [0.717, 1.165) is 22.4 Å². The first-order valence-corrected chi connectivity index (χ1v) is 9.19. The lowest BCUT2D eigenvalue weighted by molar-refractivity contribution is 0.102. The first-order valence-electron chi connectivity index (χ1n) is 9.19. The largest absolute Gasteiger partial charge is 0.322 e. The van der Waals surface area contributed by atoms with Gasteiger partial charge in [-0.1, -0.05) is 35.9 Å². The Morgan fingerprint density at radius 2 is 1.38 bits per heavy atom. The number of anilines is 2. The molecule has 3 rings (SSSR count). The first-order chi connectivity index (χ1) is 13.9. The van der Waals surface area contributed by atoms with Crippen molar-refractivity contribution in [2.24, 2.45) is 0 Å². The average Bonchev–Trinajstić information content (AvgIpc) is 2.71. The van der Waals surface area contributed by atoms with Crippen molar-refractivity contribution in [3.05, 3.63) is 94.0 Å². The van der Waals surface area contributed by atoms with Crippen LogP contribution in [0.5, 0.6) is 0 Å². The summed E-state index contributed by atoms with van der Waals surface area (Å²) >= 11 is 0. The molecule has 3 aromatic carbocycles. The molecule has 0 aromatic heterocycles. The van der Waals surface area contributed by atoms with Gasteiger partial charge in [0, 0.05) is 16.8 Å². The fraction of sp³-hybridized carbons (Fsp3) is 0.125. The Balaban J connectivity index is 1.81. The molecule has 5 heteroatoms. The average molecular weight is 383 g/mol. The molecule has 0 spiro atoms. The van der Waals surface area contributed by atoms with Gasteiger partial charge in [0.2, 0.25) is 0 Å². The standard InChI is InChI=1S/C24H21N3O2/c1-15-11-16(2)22(17(3)12-15)27-24(29)19-9-6-8-18(13-19)23(28)26-21-10-5-4-7-20(21)14-25/h4-13H,1-3H3,(H,26,28)(H,27,29). The molecule has 29 heavy (non-hydrogen) atoms. The van der Waals surface area contributed by atoms with E-state index in [9.17, 15) is 9.59 Å². The lowest BCUT2D eigenvalue weighted by Gasteiger charge is -2.13. The van der Waals surface area contributed by atoms with Crippen molar-refractivity contribution in [1.82, 2.24) is 0 Å². The van der Waals surface area contributed by atoms with Crippen molar-refractivity contribution in [3.8, 4) is 6.07 Å². The molecule has 0 aliphatic carbocycles. The number of amides is 2. The second-order valence-electron chi connectivity index (χ2n) is 6.92. The van der Waals surface area contributed by atoms with Crippen LogP contribution in [0, 0.1) is 32.1 Å². The number of carbonyl (C=O) groups is 2. The molecule has 144 valence electrons. The van der Waals surface area contributed by atoms with Crippen LogP contribution in [-0.2, 0) is 0 Å². The Kier molecular flexibility index (Phi) is 5.75. The Bertz CT molecular complexity index is 1120. The fourth-order valence-corrected chi connectivity index (χ4v) is 3.25. The lowest BCUT2D eigenvalue weighted by Crippen LogP contribution is -2.17. The number of rotatable bonds is 4. The number of nitrogens with zero attached hydrogens (tertiary/aromatic N) is 1. The zero-order chi connectivity index (χ0) is 21.0. The van der Waals surface area contributed by atoms with Gasteiger partial charge in [0.25, 0.3) is 11.8 Å². The van der Waals surface area contributed by atoms with E-state index in [4.69, 9.17) is 5.26 Å². The van der Waals surface area contributed by atoms with Crippen LogP contribution < -0.4 is 10.6 Å². The van der Waals surface area contributed by atoms with Crippen LogP contribution in [0.2, 0.25) is 0 Å². The molecule has 0 atom stereocenters. The highest BCUT2D eigenvalue weighted by atomic mass is 16.2. The van der Waals surface area contributed by atoms with Crippen LogP contribution in [0.25, 0.3) is 0 Å². The molecule has 0 fully saturated rings. The van der Waals surface area contributed by atoms with Gasteiger partial charge < -0.3 is 10.6 Å². The monoisotopic (exact) mass is 383 g/mol. The molecule has 2 N–H and O–H groups in total. The van der Waals surface area contributed by atoms with Crippen LogP contribution >= 0.6 is 0 Å². The van der Waals surface area contributed by atoms with Crippen LogP contribution in [0.3, 0.4) is 0 Å². The molecule has 0 saturated carbocycles. The Labute approximate surface area is 170 Å². The molecule has 3 aromatic rings. The van der Waals surface area contributed by atoms with E-state index in [-0.39, 0.29) is 11.8 Å². The third-order valence-corrected chi connectivity index (χ3v) is 4.60. The number of nitriles is 1. The normalized spacial score (nSPS) is 10.1. The molecule has 5 nitrogen and oxygen atoms in total. The summed E-state index contributed by atoms with van der Waals surface area (Å²) in [6.45, 7) is 5.91. The highest BCUT2D eigenvalue weighted by Crippen LogP contribution is 2.23. The Morgan fingerprint density at radius 1 is 0.793 bits per heavy atom. The number of para-hydroxylation sites is 1. The summed E-state index contributed by atoms with van der Waals surface area (Å²) in [5.74, 6) is -0.669. The topological polar surface area (TPSA) is 82.0 Å². The van der Waals surface area contributed by atoms with Crippen LogP contribution in [-0.4, -0.2) is 11.8 Å². The number of nitrogens with one attached hydrogen (secondary N) is 2. The number of benzene rings is 3. The number of hydrogen-bond donors (Lipinski definition) is 2. The van der Waals surface area contributed by atoms with Gasteiger partial charge in [-0.25, -0.2) is 0 Å². The fourth-order valence-electron chi connectivity index (χ4n) is 3.25. The summed E-state index contributed by atoms with van der Waals surface area (Å²) in [5.41, 5.74) is 5.40. The summed E-state index contributed by atoms with van der Waals surface area (Å²) in [6, 6.07) is 19.3. The number of aryl methyl sites for hydroxylation is 3. The summed E-state index contributed by atoms with van der Waals surface area (Å²) in [6.07, 6.45) is 0. The maximum absolute atomic E-state index is 12.8. The van der Waals surface area contributed by atoms with E-state index in [2.05, 4.69) is 10.6 Å². The molecule has 0 saturated heterocycles. The zero-order valence-electron chi connectivity index (χ0n) is 16.5. The van der Waals surface area contributed by atoms with Gasteiger partial charge in [0.1, 0.15) is 6.07 Å². The predicted molar refractivity (Wildman–Crippen MR) is 114 cm³/mol. The molecule has 0 heterocycles. The van der Waals surface area contributed by atoms with Crippen molar-refractivity contribution in [2.75, 3.05) is 10.6 Å². The van der Waals surface area contributed by atoms with E-state index < -0.39 is 0 Å². The highest BCUT2D eigenvalue weighted by Gasteiger charge is 2.14. The lowest BCUT2D eigenvalue weighted by atomic mass is 10.0. The summed E-state index contributed by atoms with van der Waals surface area (Å²) < 4.78 is 0. The third kappa shape index (κ3) is 4.50. The van der Waals surface area contributed by atoms with Gasteiger partial charge in [0.15, 0.2) is 0 Å². The van der Waals surface area contributed by atoms with Gasteiger partial charge >= 0.3 is 0 Å². The second kappa shape index (κ2) is 8.41. The maximum Gasteiger partial charge on any atom is 0.255 e. The molecule has 0 radical (unpaired) electrons. The highest BCUT2D eigenvalue weighted by molar-refractivity contribution is 6.09. The number of carbonyl (C=O) groups excluding carboxylic acids is 2. The van der Waals surface area contributed by atoms with Gasteiger partial charge in [-0.3, -0.25) is 9.59 Å². The molecule has 0 aliphatic rings. The minimum atomic E-state index is -0.384. The Hall–Kier alpha value is -3.91. The zero-order valence-corrected chi connectivity index (χ0v) is 16.5. The summed E-state index contributed by atoms with van der Waals surface area (Å²) in [4.78, 5) is 25.4. The SMILES string of the molecule is Cc1cc(C)c(NC(=O)c2cccc(C(=O)Nc3ccccc3C#N)c2)c(C)c1. The molecular formula is C24H21N3O2. The van der Waals surface area contributed by atoms with Gasteiger partial charge in [-0.2, -0.15) is 5.26 Å². The number of hydrogen-bond acceptors (Lipinski definition) is 3. The maximum atomic E-state index is 12.8. The van der Waals surface area contributed by atoms with E-state index in [0.29, 0.717) is 22.4 Å². The summed E-state index contributed by atoms with van der Waals surface area (Å²) in [5, 5.41) is 14.8. The van der Waals surface area contributed by atoms with E-state index in [1.54, 1.807) is 48.5 Å². The first kappa shape index (κ1) is 19.8. The van der Waals surface area contributed by atoms with Crippen LogP contribution in [0.1, 0.15) is 43.0 Å². The van der Waals surface area contributed by atoms with E-state index >= 15 is 0 Å².